The average Bonchev–Trinajstić information content (AvgIpc) is 2.72. The Balaban J connectivity index is 2.51. The van der Waals surface area contributed by atoms with Crippen LogP contribution in [-0.2, 0) is 4.79 Å². The van der Waals surface area contributed by atoms with Gasteiger partial charge in [-0.15, -0.1) is 0 Å². The number of carboxylic acid groups (broad SMARTS) is 1. The van der Waals surface area contributed by atoms with Gasteiger partial charge in [0.05, 0.1) is 5.41 Å². The first kappa shape index (κ1) is 17.1. The van der Waals surface area contributed by atoms with Crippen molar-refractivity contribution in [2.45, 2.75) is 39.4 Å². The third kappa shape index (κ3) is 4.04. The standard InChI is InChI=1S/C14H26N2O3S/c1-13(2,3)10(20-5)8-15-12(19)16-7-6-14(4,9-16)11(17)18/h10H,6-9H2,1-5H3,(H,15,19)(H,17,18). The van der Waals surface area contributed by atoms with Crippen LogP contribution in [0.5, 0.6) is 0 Å². The summed E-state index contributed by atoms with van der Waals surface area (Å²) in [4.78, 5) is 24.9. The smallest absolute Gasteiger partial charge is 0.317 e. The Hall–Kier alpha value is -0.910. The quantitative estimate of drug-likeness (QED) is 0.836. The van der Waals surface area contributed by atoms with Gasteiger partial charge in [-0.25, -0.2) is 4.79 Å². The molecule has 0 aromatic heterocycles. The minimum Gasteiger partial charge on any atom is -0.481 e. The van der Waals surface area contributed by atoms with Crippen molar-refractivity contribution in [2.24, 2.45) is 10.8 Å². The van der Waals surface area contributed by atoms with E-state index in [1.807, 2.05) is 6.26 Å². The van der Waals surface area contributed by atoms with Gasteiger partial charge in [0, 0.05) is 24.9 Å². The van der Waals surface area contributed by atoms with Crippen molar-refractivity contribution in [3.63, 3.8) is 0 Å². The van der Waals surface area contributed by atoms with Crippen LogP contribution in [0.3, 0.4) is 0 Å². The highest BCUT2D eigenvalue weighted by atomic mass is 32.2. The summed E-state index contributed by atoms with van der Waals surface area (Å²) >= 11 is 1.74. The predicted octanol–water partition coefficient (Wildman–Crippen LogP) is 2.27. The lowest BCUT2D eigenvalue weighted by Gasteiger charge is -2.30. The van der Waals surface area contributed by atoms with Crippen LogP contribution in [0.4, 0.5) is 4.79 Å². The molecule has 2 amide bonds. The Labute approximate surface area is 125 Å². The molecule has 0 saturated carbocycles. The summed E-state index contributed by atoms with van der Waals surface area (Å²) in [5.41, 5.74) is -0.687. The minimum absolute atomic E-state index is 0.118. The van der Waals surface area contributed by atoms with E-state index >= 15 is 0 Å². The van der Waals surface area contributed by atoms with E-state index < -0.39 is 11.4 Å². The summed E-state index contributed by atoms with van der Waals surface area (Å²) in [6.07, 6.45) is 2.56. The first-order chi connectivity index (χ1) is 9.10. The summed E-state index contributed by atoms with van der Waals surface area (Å²) in [6, 6.07) is -0.154. The van der Waals surface area contributed by atoms with Gasteiger partial charge in [0.25, 0.3) is 0 Å². The van der Waals surface area contributed by atoms with Crippen molar-refractivity contribution < 1.29 is 14.7 Å². The molecule has 1 aliphatic rings. The highest BCUT2D eigenvalue weighted by Crippen LogP contribution is 2.31. The van der Waals surface area contributed by atoms with Gasteiger partial charge < -0.3 is 15.3 Å². The number of hydrogen-bond acceptors (Lipinski definition) is 3. The second kappa shape index (κ2) is 6.24. The summed E-state index contributed by atoms with van der Waals surface area (Å²) in [5, 5.41) is 12.4. The Morgan fingerprint density at radius 1 is 1.45 bits per heavy atom. The highest BCUT2D eigenvalue weighted by molar-refractivity contribution is 7.99. The number of aliphatic carboxylic acids is 1. The molecule has 2 unspecified atom stereocenters. The number of carbonyl (C=O) groups excluding carboxylic acids is 1. The van der Waals surface area contributed by atoms with Crippen LogP contribution in [0.15, 0.2) is 0 Å². The molecule has 0 aromatic rings. The van der Waals surface area contributed by atoms with Gasteiger partial charge in [-0.05, 0) is 25.0 Å². The Bertz CT molecular complexity index is 381. The van der Waals surface area contributed by atoms with Crippen LogP contribution in [0.1, 0.15) is 34.1 Å². The normalized spacial score (nSPS) is 24.6. The number of nitrogens with one attached hydrogen (secondary N) is 1. The molecule has 1 fully saturated rings. The second-order valence-electron chi connectivity index (χ2n) is 6.81. The fourth-order valence-corrected chi connectivity index (χ4v) is 3.30. The van der Waals surface area contributed by atoms with E-state index in [-0.39, 0.29) is 18.0 Å². The second-order valence-corrected chi connectivity index (χ2v) is 7.85. The number of carbonyl (C=O) groups is 2. The van der Waals surface area contributed by atoms with Crippen molar-refractivity contribution in [2.75, 3.05) is 25.9 Å². The molecule has 116 valence electrons. The number of amides is 2. The molecular formula is C14H26N2O3S. The molecule has 1 rings (SSSR count). The molecule has 1 saturated heterocycles. The molecule has 20 heavy (non-hydrogen) atoms. The third-order valence-electron chi connectivity index (χ3n) is 3.97. The van der Waals surface area contributed by atoms with E-state index in [1.54, 1.807) is 23.6 Å². The van der Waals surface area contributed by atoms with Crippen molar-refractivity contribution in [1.29, 1.82) is 0 Å². The highest BCUT2D eigenvalue weighted by Gasteiger charge is 2.42. The van der Waals surface area contributed by atoms with Crippen LogP contribution < -0.4 is 5.32 Å². The van der Waals surface area contributed by atoms with E-state index in [4.69, 9.17) is 0 Å². The van der Waals surface area contributed by atoms with Gasteiger partial charge in [-0.3, -0.25) is 4.79 Å². The minimum atomic E-state index is -0.829. The molecule has 1 aliphatic heterocycles. The van der Waals surface area contributed by atoms with Crippen LogP contribution >= 0.6 is 11.8 Å². The van der Waals surface area contributed by atoms with Crippen LogP contribution in [0, 0.1) is 10.8 Å². The molecular weight excluding hydrogens is 276 g/mol. The fraction of sp³-hybridized carbons (Fsp3) is 0.857. The Morgan fingerprint density at radius 2 is 2.05 bits per heavy atom. The third-order valence-corrected chi connectivity index (χ3v) is 5.41. The molecule has 2 N–H and O–H groups in total. The van der Waals surface area contributed by atoms with Gasteiger partial charge in [-0.2, -0.15) is 11.8 Å². The average molecular weight is 302 g/mol. The molecule has 0 aliphatic carbocycles. The van der Waals surface area contributed by atoms with Gasteiger partial charge in [0.2, 0.25) is 0 Å². The van der Waals surface area contributed by atoms with E-state index in [2.05, 4.69) is 26.1 Å². The van der Waals surface area contributed by atoms with E-state index in [9.17, 15) is 14.7 Å². The lowest BCUT2D eigenvalue weighted by Crippen LogP contribution is -2.44. The maximum atomic E-state index is 12.1. The Morgan fingerprint density at radius 3 is 2.45 bits per heavy atom. The largest absolute Gasteiger partial charge is 0.481 e. The van der Waals surface area contributed by atoms with Crippen LogP contribution in [0.25, 0.3) is 0 Å². The van der Waals surface area contributed by atoms with Gasteiger partial charge >= 0.3 is 12.0 Å². The number of hydrogen-bond donors (Lipinski definition) is 2. The monoisotopic (exact) mass is 302 g/mol. The summed E-state index contributed by atoms with van der Waals surface area (Å²) < 4.78 is 0. The zero-order valence-electron chi connectivity index (χ0n) is 13.0. The van der Waals surface area contributed by atoms with E-state index in [0.717, 1.165) is 0 Å². The molecule has 0 bridgehead atoms. The molecule has 6 heteroatoms. The lowest BCUT2D eigenvalue weighted by molar-refractivity contribution is -0.146. The SMILES string of the molecule is CSC(CNC(=O)N1CCC(C)(C(=O)O)C1)C(C)(C)C. The topological polar surface area (TPSA) is 69.6 Å². The number of nitrogens with zero attached hydrogens (tertiary/aromatic N) is 1. The molecule has 0 spiro atoms. The molecule has 0 aromatic carbocycles. The van der Waals surface area contributed by atoms with Crippen molar-refractivity contribution >= 4 is 23.8 Å². The number of likely N-dealkylation sites (tertiary alicyclic amines) is 1. The predicted molar refractivity (Wildman–Crippen MR) is 82.1 cm³/mol. The fourth-order valence-electron chi connectivity index (χ4n) is 2.34. The summed E-state index contributed by atoms with van der Waals surface area (Å²) in [6.45, 7) is 9.54. The number of thioether (sulfide) groups is 1. The summed E-state index contributed by atoms with van der Waals surface area (Å²) in [7, 11) is 0. The molecule has 1 heterocycles. The lowest BCUT2D eigenvalue weighted by atomic mass is 9.90. The van der Waals surface area contributed by atoms with Gasteiger partial charge in [0.1, 0.15) is 0 Å². The van der Waals surface area contributed by atoms with Gasteiger partial charge in [0.15, 0.2) is 0 Å². The zero-order valence-corrected chi connectivity index (χ0v) is 13.8. The maximum absolute atomic E-state index is 12.1. The zero-order chi connectivity index (χ0) is 15.6. The van der Waals surface area contributed by atoms with Crippen LogP contribution in [0.2, 0.25) is 0 Å². The number of urea groups is 1. The maximum Gasteiger partial charge on any atom is 0.317 e. The summed E-state index contributed by atoms with van der Waals surface area (Å²) in [5.74, 6) is -0.829. The van der Waals surface area contributed by atoms with Crippen molar-refractivity contribution in [3.8, 4) is 0 Å². The van der Waals surface area contributed by atoms with Crippen molar-refractivity contribution in [1.82, 2.24) is 10.2 Å². The molecule has 5 nitrogen and oxygen atoms in total. The number of rotatable bonds is 4. The number of carboxylic acids is 1. The molecule has 2 atom stereocenters. The first-order valence-electron chi connectivity index (χ1n) is 6.89. The Kier molecular flexibility index (Phi) is 5.35. The van der Waals surface area contributed by atoms with Gasteiger partial charge in [-0.1, -0.05) is 20.8 Å². The van der Waals surface area contributed by atoms with E-state index in [0.29, 0.717) is 24.8 Å². The van der Waals surface area contributed by atoms with E-state index in [1.165, 1.54) is 0 Å². The van der Waals surface area contributed by atoms with Crippen molar-refractivity contribution in [3.05, 3.63) is 0 Å². The van der Waals surface area contributed by atoms with Crippen LogP contribution in [-0.4, -0.2) is 53.1 Å². The molecule has 0 radical (unpaired) electrons. The first-order valence-corrected chi connectivity index (χ1v) is 8.18.